The third-order valence-electron chi connectivity index (χ3n) is 4.30. The molecule has 2 aromatic carbocycles. The van der Waals surface area contributed by atoms with Crippen LogP contribution in [0.15, 0.2) is 72.4 Å². The van der Waals surface area contributed by atoms with Gasteiger partial charge in [-0.1, -0.05) is 18.2 Å². The van der Waals surface area contributed by atoms with Crippen LogP contribution in [-0.4, -0.2) is 15.9 Å². The fourth-order valence-electron chi connectivity index (χ4n) is 2.88. The molecule has 0 radical (unpaired) electrons. The van der Waals surface area contributed by atoms with E-state index in [1.807, 2.05) is 17.5 Å². The molecule has 0 spiro atoms. The molecule has 4 rings (SSSR count). The Kier molecular flexibility index (Phi) is 5.68. The van der Waals surface area contributed by atoms with E-state index in [4.69, 9.17) is 0 Å². The van der Waals surface area contributed by atoms with Gasteiger partial charge in [0.2, 0.25) is 5.91 Å². The van der Waals surface area contributed by atoms with Crippen LogP contribution in [0.4, 0.5) is 30.4 Å². The molecule has 0 aliphatic rings. The number of carbonyl (C=O) groups is 1. The van der Waals surface area contributed by atoms with Crippen LogP contribution in [-0.2, 0) is 11.0 Å². The second-order valence-electron chi connectivity index (χ2n) is 6.51. The molecule has 0 saturated heterocycles. The van der Waals surface area contributed by atoms with E-state index in [0.29, 0.717) is 17.2 Å². The number of alkyl halides is 3. The van der Waals surface area contributed by atoms with E-state index >= 15 is 0 Å². The van der Waals surface area contributed by atoms with Crippen molar-refractivity contribution in [1.82, 2.24) is 9.97 Å². The smallest absolute Gasteiger partial charge is 0.340 e. The van der Waals surface area contributed by atoms with Gasteiger partial charge in [-0.15, -0.1) is 11.3 Å². The Balaban J connectivity index is 1.45. The van der Waals surface area contributed by atoms with Gasteiger partial charge in [0.1, 0.15) is 17.0 Å². The number of amides is 1. The van der Waals surface area contributed by atoms with Crippen molar-refractivity contribution in [2.45, 2.75) is 6.18 Å². The zero-order valence-electron chi connectivity index (χ0n) is 15.9. The number of hydrogen-bond donors (Lipinski definition) is 2. The van der Waals surface area contributed by atoms with Crippen LogP contribution in [0.25, 0.3) is 16.3 Å². The van der Waals surface area contributed by atoms with Gasteiger partial charge in [0.15, 0.2) is 0 Å². The van der Waals surface area contributed by atoms with Crippen molar-refractivity contribution >= 4 is 50.7 Å². The molecule has 0 unspecified atom stereocenters. The summed E-state index contributed by atoms with van der Waals surface area (Å²) in [5.74, 6) is 0.191. The first kappa shape index (κ1) is 20.5. The molecule has 1 amide bonds. The fourth-order valence-corrected chi connectivity index (χ4v) is 3.61. The highest BCUT2D eigenvalue weighted by Gasteiger charge is 2.30. The third-order valence-corrected chi connectivity index (χ3v) is 5.12. The van der Waals surface area contributed by atoms with E-state index in [1.54, 1.807) is 18.2 Å². The van der Waals surface area contributed by atoms with Crippen LogP contribution >= 0.6 is 11.3 Å². The highest BCUT2D eigenvalue weighted by Crippen LogP contribution is 2.30. The average molecular weight is 440 g/mol. The minimum Gasteiger partial charge on any atom is -0.340 e. The summed E-state index contributed by atoms with van der Waals surface area (Å²) < 4.78 is 38.4. The van der Waals surface area contributed by atoms with Crippen molar-refractivity contribution in [3.05, 3.63) is 83.5 Å². The maximum Gasteiger partial charge on any atom is 0.416 e. The van der Waals surface area contributed by atoms with Gasteiger partial charge in [0.05, 0.1) is 10.9 Å². The largest absolute Gasteiger partial charge is 0.416 e. The van der Waals surface area contributed by atoms with Gasteiger partial charge in [-0.2, -0.15) is 13.2 Å². The summed E-state index contributed by atoms with van der Waals surface area (Å²) >= 11 is 1.51. The Morgan fingerprint density at radius 2 is 1.81 bits per heavy atom. The van der Waals surface area contributed by atoms with Crippen molar-refractivity contribution in [1.29, 1.82) is 0 Å². The summed E-state index contributed by atoms with van der Waals surface area (Å²) in [4.78, 5) is 21.5. The van der Waals surface area contributed by atoms with E-state index in [-0.39, 0.29) is 5.56 Å². The molecule has 0 aliphatic heterocycles. The number of anilines is 3. The molecule has 2 N–H and O–H groups in total. The molecule has 9 heteroatoms. The lowest BCUT2D eigenvalue weighted by Crippen LogP contribution is -2.08. The van der Waals surface area contributed by atoms with Crippen LogP contribution in [0, 0.1) is 0 Å². The summed E-state index contributed by atoms with van der Waals surface area (Å²) in [7, 11) is 0. The van der Waals surface area contributed by atoms with Gasteiger partial charge in [-0.3, -0.25) is 4.79 Å². The second-order valence-corrected chi connectivity index (χ2v) is 7.41. The Labute approximate surface area is 179 Å². The van der Waals surface area contributed by atoms with Crippen molar-refractivity contribution < 1.29 is 18.0 Å². The monoisotopic (exact) mass is 440 g/mol. The van der Waals surface area contributed by atoms with E-state index in [0.717, 1.165) is 22.3 Å². The van der Waals surface area contributed by atoms with Crippen LogP contribution in [0.5, 0.6) is 0 Å². The standard InChI is InChI=1S/C22H15F3N4OS/c23-22(24,25)15-4-1-3-14(11-15)7-8-19(30)28-16-5-2-6-17(12-16)29-20-18-9-10-31-21(18)27-13-26-20/h1-13H,(H,28,30)(H,26,27,29)/b8-7+. The third kappa shape index (κ3) is 5.07. The molecule has 31 heavy (non-hydrogen) atoms. The first-order valence-corrected chi connectivity index (χ1v) is 9.98. The molecule has 5 nitrogen and oxygen atoms in total. The molecule has 156 valence electrons. The molecule has 0 atom stereocenters. The Morgan fingerprint density at radius 1 is 1.00 bits per heavy atom. The number of halogens is 3. The van der Waals surface area contributed by atoms with Gasteiger partial charge >= 0.3 is 6.18 Å². The second kappa shape index (κ2) is 8.57. The summed E-state index contributed by atoms with van der Waals surface area (Å²) in [5, 5.41) is 8.72. The lowest BCUT2D eigenvalue weighted by Gasteiger charge is -2.09. The van der Waals surface area contributed by atoms with E-state index < -0.39 is 17.6 Å². The number of carbonyl (C=O) groups excluding carboxylic acids is 1. The van der Waals surface area contributed by atoms with Crippen molar-refractivity contribution in [3.63, 3.8) is 0 Å². The molecule has 0 saturated carbocycles. The highest BCUT2D eigenvalue weighted by molar-refractivity contribution is 7.16. The topological polar surface area (TPSA) is 66.9 Å². The zero-order chi connectivity index (χ0) is 21.8. The molecule has 0 bridgehead atoms. The Morgan fingerprint density at radius 3 is 2.65 bits per heavy atom. The average Bonchev–Trinajstić information content (AvgIpc) is 3.22. The fraction of sp³-hybridized carbons (Fsp3) is 0.0455. The summed E-state index contributed by atoms with van der Waals surface area (Å²) in [5.41, 5.74) is 0.757. The summed E-state index contributed by atoms with van der Waals surface area (Å²) in [6.07, 6.45) is -0.432. The first-order chi connectivity index (χ1) is 14.9. The quantitative estimate of drug-likeness (QED) is 0.368. The maximum atomic E-state index is 12.8. The van der Waals surface area contributed by atoms with Crippen molar-refractivity contribution in [2.75, 3.05) is 10.6 Å². The number of aromatic nitrogens is 2. The van der Waals surface area contributed by atoms with Crippen LogP contribution in [0.2, 0.25) is 0 Å². The lowest BCUT2D eigenvalue weighted by atomic mass is 10.1. The van der Waals surface area contributed by atoms with Crippen LogP contribution in [0.3, 0.4) is 0 Å². The van der Waals surface area contributed by atoms with Gasteiger partial charge < -0.3 is 10.6 Å². The van der Waals surface area contributed by atoms with Crippen molar-refractivity contribution in [3.8, 4) is 0 Å². The molecular formula is C22H15F3N4OS. The highest BCUT2D eigenvalue weighted by atomic mass is 32.1. The summed E-state index contributed by atoms with van der Waals surface area (Å²) in [6, 6.07) is 13.7. The predicted octanol–water partition coefficient (Wildman–Crippen LogP) is 6.11. The minimum absolute atomic E-state index is 0.281. The van der Waals surface area contributed by atoms with Gasteiger partial charge in [0, 0.05) is 17.5 Å². The number of rotatable bonds is 5. The number of nitrogens with one attached hydrogen (secondary N) is 2. The Hall–Kier alpha value is -3.72. The van der Waals surface area contributed by atoms with E-state index in [2.05, 4.69) is 20.6 Å². The van der Waals surface area contributed by atoms with Crippen LogP contribution < -0.4 is 10.6 Å². The predicted molar refractivity (Wildman–Crippen MR) is 116 cm³/mol. The zero-order valence-corrected chi connectivity index (χ0v) is 16.7. The number of nitrogens with zero attached hydrogens (tertiary/aromatic N) is 2. The first-order valence-electron chi connectivity index (χ1n) is 9.10. The number of hydrogen-bond acceptors (Lipinski definition) is 5. The normalized spacial score (nSPS) is 11.7. The maximum absolute atomic E-state index is 12.8. The number of thiophene rings is 1. The minimum atomic E-state index is -4.43. The number of benzene rings is 2. The molecule has 4 aromatic rings. The number of fused-ring (bicyclic) bond motifs is 1. The molecular weight excluding hydrogens is 425 g/mol. The lowest BCUT2D eigenvalue weighted by molar-refractivity contribution is -0.137. The van der Waals surface area contributed by atoms with Gasteiger partial charge in [-0.25, -0.2) is 9.97 Å². The summed E-state index contributed by atoms with van der Waals surface area (Å²) in [6.45, 7) is 0. The van der Waals surface area contributed by atoms with E-state index in [1.165, 1.54) is 41.9 Å². The van der Waals surface area contributed by atoms with Gasteiger partial charge in [-0.05, 0) is 53.4 Å². The van der Waals surface area contributed by atoms with Gasteiger partial charge in [0.25, 0.3) is 0 Å². The Bertz CT molecular complexity index is 1270. The molecule has 2 heterocycles. The van der Waals surface area contributed by atoms with Crippen molar-refractivity contribution in [2.24, 2.45) is 0 Å². The SMILES string of the molecule is O=C(/C=C/c1cccc(C(F)(F)F)c1)Nc1cccc(Nc2ncnc3sccc23)c1. The molecule has 2 aromatic heterocycles. The molecule has 0 aliphatic carbocycles. The molecule has 0 fully saturated rings. The van der Waals surface area contributed by atoms with E-state index in [9.17, 15) is 18.0 Å². The van der Waals surface area contributed by atoms with Crippen LogP contribution in [0.1, 0.15) is 11.1 Å².